The molecule has 4 atom stereocenters. The van der Waals surface area contributed by atoms with Crippen molar-refractivity contribution in [3.63, 3.8) is 0 Å². The van der Waals surface area contributed by atoms with Crippen molar-refractivity contribution in [3.05, 3.63) is 0 Å². The molecule has 1 saturated carbocycles. The van der Waals surface area contributed by atoms with Crippen LogP contribution in [-0.4, -0.2) is 37.1 Å². The van der Waals surface area contributed by atoms with Gasteiger partial charge < -0.3 is 10.2 Å². The maximum atomic E-state index is 3.75. The first kappa shape index (κ1) is 10.4. The molecule has 4 unspecified atom stereocenters. The Labute approximate surface area is 88.1 Å². The summed E-state index contributed by atoms with van der Waals surface area (Å²) in [5.74, 6) is 1.97. The first-order chi connectivity index (χ1) is 6.68. The summed E-state index contributed by atoms with van der Waals surface area (Å²) in [4.78, 5) is 2.48. The molecule has 2 heteroatoms. The molecule has 0 aromatic rings. The number of hydrogen-bond acceptors (Lipinski definition) is 2. The van der Waals surface area contributed by atoms with E-state index in [2.05, 4.69) is 31.1 Å². The van der Waals surface area contributed by atoms with Gasteiger partial charge in [0.25, 0.3) is 0 Å². The highest BCUT2D eigenvalue weighted by molar-refractivity contribution is 4.89. The van der Waals surface area contributed by atoms with Crippen LogP contribution in [0, 0.1) is 11.8 Å². The molecule has 14 heavy (non-hydrogen) atoms. The van der Waals surface area contributed by atoms with Crippen molar-refractivity contribution >= 4 is 0 Å². The van der Waals surface area contributed by atoms with Gasteiger partial charge in [-0.1, -0.05) is 6.92 Å². The minimum absolute atomic E-state index is 0.720. The summed E-state index contributed by atoms with van der Waals surface area (Å²) in [5.41, 5.74) is 0. The van der Waals surface area contributed by atoms with Crippen LogP contribution in [0.2, 0.25) is 0 Å². The van der Waals surface area contributed by atoms with Gasteiger partial charge in [0.2, 0.25) is 0 Å². The van der Waals surface area contributed by atoms with E-state index in [0.29, 0.717) is 0 Å². The Morgan fingerprint density at radius 3 is 2.71 bits per heavy atom. The van der Waals surface area contributed by atoms with Gasteiger partial charge in [-0.3, -0.25) is 0 Å². The second-order valence-electron chi connectivity index (χ2n) is 5.35. The molecule has 1 heterocycles. The molecular weight excluding hydrogens is 172 g/mol. The summed E-state index contributed by atoms with van der Waals surface area (Å²) in [5, 5.41) is 3.75. The molecular formula is C12H24N2. The third-order valence-corrected chi connectivity index (χ3v) is 4.22. The number of nitrogens with one attached hydrogen (secondary N) is 1. The van der Waals surface area contributed by atoms with E-state index in [-0.39, 0.29) is 0 Å². The van der Waals surface area contributed by atoms with E-state index in [1.165, 1.54) is 32.4 Å². The van der Waals surface area contributed by atoms with Gasteiger partial charge in [-0.05, 0) is 58.2 Å². The predicted molar refractivity (Wildman–Crippen MR) is 60.4 cm³/mol. The third kappa shape index (κ3) is 2.29. The minimum atomic E-state index is 0.720. The molecule has 0 bridgehead atoms. The highest BCUT2D eigenvalue weighted by Gasteiger charge is 2.33. The van der Waals surface area contributed by atoms with Gasteiger partial charge in [-0.15, -0.1) is 0 Å². The number of likely N-dealkylation sites (N-methyl/N-ethyl adjacent to an activating group) is 1. The molecule has 1 saturated heterocycles. The molecule has 82 valence electrons. The SMILES string of the molecule is CC1CC1CNC1CCCN(C)C1C. The fourth-order valence-electron chi connectivity index (χ4n) is 2.57. The fraction of sp³-hybridized carbons (Fsp3) is 1.00. The van der Waals surface area contributed by atoms with Crippen LogP contribution in [-0.2, 0) is 0 Å². The van der Waals surface area contributed by atoms with E-state index in [0.717, 1.165) is 23.9 Å². The van der Waals surface area contributed by atoms with Crippen LogP contribution >= 0.6 is 0 Å². The molecule has 2 rings (SSSR count). The van der Waals surface area contributed by atoms with E-state index in [1.807, 2.05) is 0 Å². The third-order valence-electron chi connectivity index (χ3n) is 4.22. The number of likely N-dealkylation sites (tertiary alicyclic amines) is 1. The normalized spacial score (nSPS) is 43.9. The number of nitrogens with zero attached hydrogens (tertiary/aromatic N) is 1. The Morgan fingerprint density at radius 1 is 1.36 bits per heavy atom. The lowest BCUT2D eigenvalue weighted by atomic mass is 9.98. The van der Waals surface area contributed by atoms with Crippen molar-refractivity contribution in [3.8, 4) is 0 Å². The van der Waals surface area contributed by atoms with Gasteiger partial charge in [0.05, 0.1) is 0 Å². The van der Waals surface area contributed by atoms with Crippen molar-refractivity contribution < 1.29 is 0 Å². The van der Waals surface area contributed by atoms with E-state index < -0.39 is 0 Å². The number of rotatable bonds is 3. The molecule has 1 N–H and O–H groups in total. The molecule has 0 amide bonds. The highest BCUT2D eigenvalue weighted by atomic mass is 15.2. The first-order valence-electron chi connectivity index (χ1n) is 6.12. The van der Waals surface area contributed by atoms with Gasteiger partial charge in [0.1, 0.15) is 0 Å². The van der Waals surface area contributed by atoms with Gasteiger partial charge >= 0.3 is 0 Å². The lowest BCUT2D eigenvalue weighted by Gasteiger charge is -2.37. The molecule has 0 aromatic carbocycles. The van der Waals surface area contributed by atoms with Crippen LogP contribution in [0.25, 0.3) is 0 Å². The van der Waals surface area contributed by atoms with Crippen LogP contribution in [0.5, 0.6) is 0 Å². The molecule has 1 aliphatic carbocycles. The van der Waals surface area contributed by atoms with Crippen molar-refractivity contribution in [2.45, 2.75) is 45.2 Å². The standard InChI is InChI=1S/C12H24N2/c1-9-7-11(9)8-13-12-5-4-6-14(3)10(12)2/h9-13H,4-8H2,1-3H3. The molecule has 2 fully saturated rings. The Kier molecular flexibility index (Phi) is 3.13. The van der Waals surface area contributed by atoms with Gasteiger partial charge in [0.15, 0.2) is 0 Å². The zero-order chi connectivity index (χ0) is 10.1. The topological polar surface area (TPSA) is 15.3 Å². The van der Waals surface area contributed by atoms with Crippen molar-refractivity contribution in [1.29, 1.82) is 0 Å². The van der Waals surface area contributed by atoms with E-state index >= 15 is 0 Å². The maximum Gasteiger partial charge on any atom is 0.0221 e. The smallest absolute Gasteiger partial charge is 0.0221 e. The predicted octanol–water partition coefficient (Wildman–Crippen LogP) is 1.71. The summed E-state index contributed by atoms with van der Waals surface area (Å²) >= 11 is 0. The summed E-state index contributed by atoms with van der Waals surface area (Å²) in [6, 6.07) is 1.46. The molecule has 2 aliphatic rings. The number of piperidine rings is 1. The average molecular weight is 196 g/mol. The van der Waals surface area contributed by atoms with E-state index in [4.69, 9.17) is 0 Å². The molecule has 0 spiro atoms. The van der Waals surface area contributed by atoms with Crippen LogP contribution < -0.4 is 5.32 Å². The number of hydrogen-bond donors (Lipinski definition) is 1. The fourth-order valence-corrected chi connectivity index (χ4v) is 2.57. The van der Waals surface area contributed by atoms with Gasteiger partial charge in [0, 0.05) is 12.1 Å². The van der Waals surface area contributed by atoms with E-state index in [9.17, 15) is 0 Å². The second kappa shape index (κ2) is 4.19. The van der Waals surface area contributed by atoms with Crippen LogP contribution in [0.1, 0.15) is 33.1 Å². The Bertz CT molecular complexity index is 193. The monoisotopic (exact) mass is 196 g/mol. The van der Waals surface area contributed by atoms with Crippen LogP contribution in [0.15, 0.2) is 0 Å². The largest absolute Gasteiger partial charge is 0.312 e. The molecule has 0 aromatic heterocycles. The van der Waals surface area contributed by atoms with Crippen molar-refractivity contribution in [2.75, 3.05) is 20.1 Å². The molecule has 2 nitrogen and oxygen atoms in total. The Balaban J connectivity index is 1.73. The quantitative estimate of drug-likeness (QED) is 0.739. The maximum absolute atomic E-state index is 3.75. The lowest BCUT2D eigenvalue weighted by molar-refractivity contribution is 0.154. The summed E-state index contributed by atoms with van der Waals surface area (Å²) < 4.78 is 0. The van der Waals surface area contributed by atoms with Crippen LogP contribution in [0.3, 0.4) is 0 Å². The van der Waals surface area contributed by atoms with Crippen molar-refractivity contribution in [2.24, 2.45) is 11.8 Å². The van der Waals surface area contributed by atoms with E-state index in [1.54, 1.807) is 0 Å². The summed E-state index contributed by atoms with van der Waals surface area (Å²) in [7, 11) is 2.25. The lowest BCUT2D eigenvalue weighted by Crippen LogP contribution is -2.51. The highest BCUT2D eigenvalue weighted by Crippen LogP contribution is 2.37. The Morgan fingerprint density at radius 2 is 2.07 bits per heavy atom. The van der Waals surface area contributed by atoms with Crippen LogP contribution in [0.4, 0.5) is 0 Å². The van der Waals surface area contributed by atoms with Crippen molar-refractivity contribution in [1.82, 2.24) is 10.2 Å². The zero-order valence-electron chi connectivity index (χ0n) is 9.79. The minimum Gasteiger partial charge on any atom is -0.312 e. The summed E-state index contributed by atoms with van der Waals surface area (Å²) in [6.07, 6.45) is 4.18. The molecule has 1 aliphatic heterocycles. The zero-order valence-corrected chi connectivity index (χ0v) is 9.79. The summed E-state index contributed by atoms with van der Waals surface area (Å²) in [6.45, 7) is 7.25. The average Bonchev–Trinajstić information content (AvgIpc) is 2.85. The Hall–Kier alpha value is -0.0800. The van der Waals surface area contributed by atoms with Gasteiger partial charge in [-0.25, -0.2) is 0 Å². The second-order valence-corrected chi connectivity index (χ2v) is 5.35. The van der Waals surface area contributed by atoms with Gasteiger partial charge in [-0.2, -0.15) is 0 Å². The molecule has 0 radical (unpaired) electrons. The first-order valence-corrected chi connectivity index (χ1v) is 6.12.